The molecule has 0 heterocycles. The van der Waals surface area contributed by atoms with Crippen molar-refractivity contribution in [3.05, 3.63) is 24.3 Å². The number of hydrogen-bond donors (Lipinski definition) is 3. The number of hydrazine groups is 1. The summed E-state index contributed by atoms with van der Waals surface area (Å²) in [5.41, 5.74) is 2.95. The van der Waals surface area contributed by atoms with Crippen LogP contribution in [-0.2, 0) is 14.8 Å². The number of nitrogens with one attached hydrogen (secondary N) is 2. The smallest absolute Gasteiger partial charge is 0.240 e. The van der Waals surface area contributed by atoms with Crippen molar-refractivity contribution in [3.8, 4) is 0 Å². The highest BCUT2D eigenvalue weighted by Gasteiger charge is 2.22. The Morgan fingerprint density at radius 2 is 1.85 bits per heavy atom. The average molecular weight is 301 g/mol. The summed E-state index contributed by atoms with van der Waals surface area (Å²) in [6, 6.07) is 6.26. The molecule has 0 radical (unpaired) electrons. The third kappa shape index (κ3) is 5.09. The van der Waals surface area contributed by atoms with Crippen LogP contribution in [0.1, 0.15) is 20.3 Å². The van der Waals surface area contributed by atoms with Gasteiger partial charge in [-0.05, 0) is 36.1 Å². The van der Waals surface area contributed by atoms with Crippen molar-refractivity contribution in [1.82, 2.24) is 4.72 Å². The van der Waals surface area contributed by atoms with Crippen LogP contribution >= 0.6 is 0 Å². The predicted molar refractivity (Wildman–Crippen MR) is 79.7 cm³/mol. The van der Waals surface area contributed by atoms with Crippen molar-refractivity contribution in [2.75, 3.05) is 25.7 Å². The van der Waals surface area contributed by atoms with Crippen molar-refractivity contribution >= 4 is 15.7 Å². The first-order valence-electron chi connectivity index (χ1n) is 6.36. The molecule has 6 nitrogen and oxygen atoms in total. The second-order valence-corrected chi connectivity index (χ2v) is 7.17. The highest BCUT2D eigenvalue weighted by molar-refractivity contribution is 7.89. The molecule has 0 unspecified atom stereocenters. The van der Waals surface area contributed by atoms with Gasteiger partial charge in [-0.15, -0.1) is 0 Å². The van der Waals surface area contributed by atoms with Gasteiger partial charge in [0.1, 0.15) is 0 Å². The summed E-state index contributed by atoms with van der Waals surface area (Å²) in [5.74, 6) is 5.24. The third-order valence-electron chi connectivity index (χ3n) is 3.05. The molecule has 0 atom stereocenters. The summed E-state index contributed by atoms with van der Waals surface area (Å²) in [4.78, 5) is 0.221. The fourth-order valence-electron chi connectivity index (χ4n) is 1.57. The average Bonchev–Trinajstić information content (AvgIpc) is 2.43. The molecule has 4 N–H and O–H groups in total. The number of benzene rings is 1. The second kappa shape index (κ2) is 7.03. The Labute approximate surface area is 120 Å². The van der Waals surface area contributed by atoms with Crippen LogP contribution in [0.15, 0.2) is 29.2 Å². The lowest BCUT2D eigenvalue weighted by molar-refractivity contribution is 0.153. The van der Waals surface area contributed by atoms with Crippen molar-refractivity contribution < 1.29 is 13.2 Å². The van der Waals surface area contributed by atoms with E-state index in [1.165, 1.54) is 12.1 Å². The number of nitrogen functional groups attached to an aromatic ring is 1. The largest absolute Gasteiger partial charge is 0.385 e. The van der Waals surface area contributed by atoms with Crippen LogP contribution in [0.25, 0.3) is 0 Å². The van der Waals surface area contributed by atoms with Crippen LogP contribution in [0.3, 0.4) is 0 Å². The minimum atomic E-state index is -3.50. The molecule has 114 valence electrons. The molecule has 0 aromatic heterocycles. The van der Waals surface area contributed by atoms with Gasteiger partial charge in [0, 0.05) is 25.9 Å². The number of ether oxygens (including phenoxy) is 1. The quantitative estimate of drug-likeness (QED) is 0.497. The zero-order valence-electron chi connectivity index (χ0n) is 12.1. The van der Waals surface area contributed by atoms with Gasteiger partial charge >= 0.3 is 0 Å². The number of sulfonamides is 1. The van der Waals surface area contributed by atoms with Crippen LogP contribution in [0.2, 0.25) is 0 Å². The molecule has 0 amide bonds. The van der Waals surface area contributed by atoms with E-state index < -0.39 is 10.0 Å². The summed E-state index contributed by atoms with van der Waals surface area (Å²) in [6.45, 7) is 4.95. The van der Waals surface area contributed by atoms with Gasteiger partial charge in [0.05, 0.1) is 4.90 Å². The van der Waals surface area contributed by atoms with E-state index in [0.29, 0.717) is 18.8 Å². The molecule has 0 fully saturated rings. The van der Waals surface area contributed by atoms with Crippen molar-refractivity contribution in [2.24, 2.45) is 11.3 Å². The number of rotatable bonds is 8. The van der Waals surface area contributed by atoms with E-state index in [4.69, 9.17) is 10.6 Å². The first kappa shape index (κ1) is 16.9. The maximum atomic E-state index is 12.2. The Hall–Kier alpha value is -1.15. The van der Waals surface area contributed by atoms with Gasteiger partial charge < -0.3 is 10.2 Å². The van der Waals surface area contributed by atoms with Gasteiger partial charge in [0.15, 0.2) is 0 Å². The molecule has 0 saturated heterocycles. The number of hydrogen-bond acceptors (Lipinski definition) is 5. The lowest BCUT2D eigenvalue weighted by atomic mass is 9.90. The first-order chi connectivity index (χ1) is 9.30. The zero-order chi connectivity index (χ0) is 15.2. The summed E-state index contributed by atoms with van der Waals surface area (Å²) in [6.07, 6.45) is 0.780. The van der Waals surface area contributed by atoms with E-state index in [2.05, 4.69) is 10.1 Å². The second-order valence-electron chi connectivity index (χ2n) is 5.40. The van der Waals surface area contributed by atoms with E-state index in [1.54, 1.807) is 19.2 Å². The van der Waals surface area contributed by atoms with Gasteiger partial charge in [-0.1, -0.05) is 13.8 Å². The molecule has 0 aliphatic heterocycles. The number of methoxy groups -OCH3 is 1. The minimum absolute atomic E-state index is 0.165. The molecule has 0 aliphatic carbocycles. The molecule has 1 aromatic carbocycles. The van der Waals surface area contributed by atoms with Crippen molar-refractivity contribution in [2.45, 2.75) is 25.2 Å². The number of nitrogens with two attached hydrogens (primary N) is 1. The Bertz CT molecular complexity index is 512. The number of anilines is 1. The zero-order valence-corrected chi connectivity index (χ0v) is 13.0. The molecule has 0 aliphatic rings. The molecule has 0 saturated carbocycles. The molecule has 0 bridgehead atoms. The third-order valence-corrected chi connectivity index (χ3v) is 4.47. The van der Waals surface area contributed by atoms with Crippen molar-refractivity contribution in [3.63, 3.8) is 0 Å². The SMILES string of the molecule is COCCC(C)(C)CNS(=O)(=O)c1ccc(NN)cc1. The van der Waals surface area contributed by atoms with E-state index in [0.717, 1.165) is 6.42 Å². The van der Waals surface area contributed by atoms with E-state index in [1.807, 2.05) is 13.8 Å². The van der Waals surface area contributed by atoms with Gasteiger partial charge in [0.25, 0.3) is 0 Å². The van der Waals surface area contributed by atoms with Crippen LogP contribution in [0, 0.1) is 5.41 Å². The fourth-order valence-corrected chi connectivity index (χ4v) is 2.81. The Kier molecular flexibility index (Phi) is 5.94. The molecule has 1 rings (SSSR count). The molecular formula is C13H23N3O3S. The Morgan fingerprint density at radius 3 is 2.35 bits per heavy atom. The Morgan fingerprint density at radius 1 is 1.25 bits per heavy atom. The summed E-state index contributed by atoms with van der Waals surface area (Å²) in [5, 5.41) is 0. The maximum absolute atomic E-state index is 12.2. The van der Waals surface area contributed by atoms with Crippen LogP contribution in [-0.4, -0.2) is 28.7 Å². The topological polar surface area (TPSA) is 93.4 Å². The van der Waals surface area contributed by atoms with Gasteiger partial charge in [-0.3, -0.25) is 5.84 Å². The normalized spacial score (nSPS) is 12.4. The molecule has 7 heteroatoms. The minimum Gasteiger partial charge on any atom is -0.385 e. The van der Waals surface area contributed by atoms with Gasteiger partial charge in [-0.2, -0.15) is 0 Å². The van der Waals surface area contributed by atoms with Crippen LogP contribution in [0.4, 0.5) is 5.69 Å². The van der Waals surface area contributed by atoms with E-state index >= 15 is 0 Å². The van der Waals surface area contributed by atoms with Crippen LogP contribution < -0.4 is 16.0 Å². The molecule has 0 spiro atoms. The Balaban J connectivity index is 2.69. The van der Waals surface area contributed by atoms with Gasteiger partial charge in [0.2, 0.25) is 10.0 Å². The first-order valence-corrected chi connectivity index (χ1v) is 7.84. The summed E-state index contributed by atoms with van der Waals surface area (Å²) < 4.78 is 32.0. The van der Waals surface area contributed by atoms with Gasteiger partial charge in [-0.25, -0.2) is 13.1 Å². The highest BCUT2D eigenvalue weighted by Crippen LogP contribution is 2.20. The fraction of sp³-hybridized carbons (Fsp3) is 0.538. The summed E-state index contributed by atoms with van der Waals surface area (Å²) in [7, 11) is -1.87. The molecular weight excluding hydrogens is 278 g/mol. The lowest BCUT2D eigenvalue weighted by Crippen LogP contribution is -2.34. The molecule has 20 heavy (non-hydrogen) atoms. The van der Waals surface area contributed by atoms with Crippen LogP contribution in [0.5, 0.6) is 0 Å². The lowest BCUT2D eigenvalue weighted by Gasteiger charge is -2.24. The van der Waals surface area contributed by atoms with E-state index in [9.17, 15) is 8.42 Å². The summed E-state index contributed by atoms with van der Waals surface area (Å²) >= 11 is 0. The monoisotopic (exact) mass is 301 g/mol. The standard InChI is InChI=1S/C13H23N3O3S/c1-13(2,8-9-19-3)10-15-20(17,18)12-6-4-11(16-14)5-7-12/h4-7,15-16H,8-10,14H2,1-3H3. The molecule has 1 aromatic rings. The highest BCUT2D eigenvalue weighted by atomic mass is 32.2. The van der Waals surface area contributed by atoms with E-state index in [-0.39, 0.29) is 10.3 Å². The van der Waals surface area contributed by atoms with Crippen molar-refractivity contribution in [1.29, 1.82) is 0 Å². The maximum Gasteiger partial charge on any atom is 0.240 e. The predicted octanol–water partition coefficient (Wildman–Crippen LogP) is 1.31.